The van der Waals surface area contributed by atoms with Crippen molar-refractivity contribution in [3.8, 4) is 0 Å². The van der Waals surface area contributed by atoms with Crippen molar-refractivity contribution in [2.24, 2.45) is 4.99 Å². The molecule has 0 N–H and O–H groups in total. The molecule has 1 fully saturated rings. The van der Waals surface area contributed by atoms with Crippen LogP contribution in [0, 0.1) is 0 Å². The predicted octanol–water partition coefficient (Wildman–Crippen LogP) is 8.10. The standard InChI is InChI=1S/C37H58NO5PSi4/c1-45(2,3)39-28-32-35(41-46(4,5)6)36(42-47(7,8)9)34(37(40-32)43-48(10,11)12)38-27-29-21-19-20-26-33(29)44(30-22-15-13-16-23-30)31-24-17-14-18-25-31/h13-27,32,34-37H,28H2,1-12H3/t32-,34-,35+,36-,37-/m1/s1. The van der Waals surface area contributed by atoms with Gasteiger partial charge < -0.3 is 22.4 Å². The minimum atomic E-state index is -2.07. The summed E-state index contributed by atoms with van der Waals surface area (Å²) in [7, 11) is -8.82. The van der Waals surface area contributed by atoms with Gasteiger partial charge in [0.2, 0.25) is 0 Å². The highest BCUT2D eigenvalue weighted by Gasteiger charge is 2.51. The first kappa shape index (κ1) is 39.2. The van der Waals surface area contributed by atoms with Crippen LogP contribution in [0.4, 0.5) is 0 Å². The fourth-order valence-electron chi connectivity index (χ4n) is 5.60. The van der Waals surface area contributed by atoms with Gasteiger partial charge in [-0.25, -0.2) is 0 Å². The number of hydrogen-bond acceptors (Lipinski definition) is 6. The van der Waals surface area contributed by atoms with Crippen molar-refractivity contribution in [2.45, 2.75) is 109 Å². The van der Waals surface area contributed by atoms with Crippen molar-refractivity contribution < 1.29 is 22.4 Å². The van der Waals surface area contributed by atoms with E-state index in [2.05, 4.69) is 163 Å². The van der Waals surface area contributed by atoms with Gasteiger partial charge in [-0.15, -0.1) is 0 Å². The summed E-state index contributed by atoms with van der Waals surface area (Å²) in [5.74, 6) is 0. The van der Waals surface area contributed by atoms with Crippen LogP contribution in [0.3, 0.4) is 0 Å². The zero-order chi connectivity index (χ0) is 35.3. The number of nitrogens with zero attached hydrogens (tertiary/aromatic N) is 1. The van der Waals surface area contributed by atoms with Gasteiger partial charge in [-0.1, -0.05) is 84.9 Å². The smallest absolute Gasteiger partial charge is 0.187 e. The number of hydrogen-bond donors (Lipinski definition) is 0. The van der Waals surface area contributed by atoms with E-state index in [0.29, 0.717) is 6.61 Å². The lowest BCUT2D eigenvalue weighted by molar-refractivity contribution is -0.232. The topological polar surface area (TPSA) is 58.5 Å². The second kappa shape index (κ2) is 16.2. The molecule has 0 spiro atoms. The lowest BCUT2D eigenvalue weighted by atomic mass is 9.97. The molecule has 3 aromatic rings. The molecule has 4 rings (SSSR count). The monoisotopic (exact) mass is 739 g/mol. The summed E-state index contributed by atoms with van der Waals surface area (Å²) in [5, 5.41) is 3.86. The van der Waals surface area contributed by atoms with Crippen LogP contribution in [0.2, 0.25) is 78.6 Å². The molecule has 1 heterocycles. The molecule has 48 heavy (non-hydrogen) atoms. The van der Waals surface area contributed by atoms with E-state index >= 15 is 0 Å². The van der Waals surface area contributed by atoms with E-state index in [1.165, 1.54) is 15.9 Å². The molecule has 1 aliphatic rings. The van der Waals surface area contributed by atoms with Crippen molar-refractivity contribution in [1.29, 1.82) is 0 Å². The average Bonchev–Trinajstić information content (AvgIpc) is 2.97. The summed E-state index contributed by atoms with van der Waals surface area (Å²) in [5.41, 5.74) is 1.08. The van der Waals surface area contributed by atoms with Crippen LogP contribution in [0.25, 0.3) is 0 Å². The second-order valence-electron chi connectivity index (χ2n) is 16.4. The highest BCUT2D eigenvalue weighted by molar-refractivity contribution is 7.80. The fourth-order valence-corrected chi connectivity index (χ4v) is 11.8. The van der Waals surface area contributed by atoms with E-state index in [-0.39, 0.29) is 18.3 Å². The number of rotatable bonds is 14. The van der Waals surface area contributed by atoms with E-state index in [1.54, 1.807) is 0 Å². The first-order valence-corrected chi connectivity index (χ1v) is 32.1. The fraction of sp³-hybridized carbons (Fsp3) is 0.486. The van der Waals surface area contributed by atoms with Gasteiger partial charge in [-0.05, 0) is 102 Å². The van der Waals surface area contributed by atoms with Crippen molar-refractivity contribution in [2.75, 3.05) is 6.61 Å². The van der Waals surface area contributed by atoms with Crippen LogP contribution in [0.5, 0.6) is 0 Å². The van der Waals surface area contributed by atoms with Gasteiger partial charge in [-0.3, -0.25) is 4.99 Å². The summed E-state index contributed by atoms with van der Waals surface area (Å²) < 4.78 is 34.3. The normalized spacial score (nSPS) is 22.8. The third kappa shape index (κ3) is 12.0. The number of benzene rings is 3. The van der Waals surface area contributed by atoms with Gasteiger partial charge in [0.15, 0.2) is 39.6 Å². The van der Waals surface area contributed by atoms with Gasteiger partial charge in [0.25, 0.3) is 0 Å². The Morgan fingerprint density at radius 1 is 0.604 bits per heavy atom. The summed E-state index contributed by atoms with van der Waals surface area (Å²) in [6, 6.07) is 29.8. The maximum Gasteiger partial charge on any atom is 0.187 e. The Bertz CT molecular complexity index is 1430. The number of aliphatic imine (C=N–C) groups is 1. The van der Waals surface area contributed by atoms with Crippen LogP contribution in [0.15, 0.2) is 89.9 Å². The predicted molar refractivity (Wildman–Crippen MR) is 215 cm³/mol. The minimum absolute atomic E-state index is 0.325. The van der Waals surface area contributed by atoms with Gasteiger partial charge in [0.05, 0.1) is 12.7 Å². The van der Waals surface area contributed by atoms with Gasteiger partial charge in [0, 0.05) is 11.8 Å². The first-order chi connectivity index (χ1) is 22.3. The summed E-state index contributed by atoms with van der Waals surface area (Å²) in [6.07, 6.45) is 0.457. The van der Waals surface area contributed by atoms with Gasteiger partial charge in [0.1, 0.15) is 18.2 Å². The minimum Gasteiger partial charge on any atom is -0.415 e. The molecule has 1 aliphatic heterocycles. The quantitative estimate of drug-likeness (QED) is 0.0951. The largest absolute Gasteiger partial charge is 0.415 e. The highest BCUT2D eigenvalue weighted by Crippen LogP contribution is 2.36. The molecule has 5 atom stereocenters. The highest BCUT2D eigenvalue weighted by atomic mass is 31.1. The maximum absolute atomic E-state index is 7.10. The summed E-state index contributed by atoms with van der Waals surface area (Å²) >= 11 is 0. The first-order valence-electron chi connectivity index (χ1n) is 17.1. The lowest BCUT2D eigenvalue weighted by Crippen LogP contribution is -2.65. The molecule has 0 bridgehead atoms. The summed E-state index contributed by atoms with van der Waals surface area (Å²) in [6.45, 7) is 27.1. The Labute approximate surface area is 295 Å². The third-order valence-electron chi connectivity index (χ3n) is 7.34. The summed E-state index contributed by atoms with van der Waals surface area (Å²) in [4.78, 5) is 5.40. The number of ether oxygens (including phenoxy) is 1. The van der Waals surface area contributed by atoms with Gasteiger partial charge in [-0.2, -0.15) is 0 Å². The zero-order valence-electron chi connectivity index (χ0n) is 31.2. The van der Waals surface area contributed by atoms with Crippen LogP contribution >= 0.6 is 7.92 Å². The SMILES string of the molecule is C[Si](C)(C)OC[C@H]1O[C@H](O[Si](C)(C)C)[C@H](N=Cc2ccccc2P(c2ccccc2)c2ccccc2)[C@@H](O[Si](C)(C)C)[C@H]1O[Si](C)(C)C. The molecule has 262 valence electrons. The van der Waals surface area contributed by atoms with Crippen molar-refractivity contribution in [3.05, 3.63) is 90.5 Å². The van der Waals surface area contributed by atoms with Crippen molar-refractivity contribution >= 4 is 63.3 Å². The molecule has 0 amide bonds. The molecule has 0 saturated carbocycles. The van der Waals surface area contributed by atoms with Crippen molar-refractivity contribution in [3.63, 3.8) is 0 Å². The molecule has 0 unspecified atom stereocenters. The second-order valence-corrected chi connectivity index (χ2v) is 36.5. The molecular weight excluding hydrogens is 682 g/mol. The van der Waals surface area contributed by atoms with Crippen molar-refractivity contribution in [1.82, 2.24) is 0 Å². The Morgan fingerprint density at radius 2 is 1.08 bits per heavy atom. The molecule has 0 aromatic heterocycles. The zero-order valence-corrected chi connectivity index (χ0v) is 36.1. The molecule has 6 nitrogen and oxygen atoms in total. The van der Waals surface area contributed by atoms with E-state index in [9.17, 15) is 0 Å². The molecule has 0 radical (unpaired) electrons. The van der Waals surface area contributed by atoms with Crippen LogP contribution in [-0.2, 0) is 22.4 Å². The van der Waals surface area contributed by atoms with Crippen LogP contribution in [0.1, 0.15) is 5.56 Å². The Morgan fingerprint density at radius 3 is 1.58 bits per heavy atom. The van der Waals surface area contributed by atoms with E-state index in [1.807, 2.05) is 6.21 Å². The molecule has 3 aromatic carbocycles. The molecule has 0 aliphatic carbocycles. The van der Waals surface area contributed by atoms with Gasteiger partial charge >= 0.3 is 0 Å². The Kier molecular flexibility index (Phi) is 13.2. The van der Waals surface area contributed by atoms with E-state index in [4.69, 9.17) is 27.4 Å². The third-order valence-corrected chi connectivity index (χ3v) is 13.8. The maximum atomic E-state index is 7.10. The average molecular weight is 740 g/mol. The van der Waals surface area contributed by atoms with E-state index < -0.39 is 53.5 Å². The Balaban J connectivity index is 1.84. The van der Waals surface area contributed by atoms with E-state index in [0.717, 1.165) is 5.56 Å². The van der Waals surface area contributed by atoms with Crippen LogP contribution < -0.4 is 15.9 Å². The Hall–Kier alpha value is -1.57. The molecule has 11 heteroatoms. The lowest BCUT2D eigenvalue weighted by Gasteiger charge is -2.49. The van der Waals surface area contributed by atoms with Crippen LogP contribution in [-0.4, -0.2) is 76.7 Å². The molecule has 1 saturated heterocycles. The molecular formula is C37H58NO5PSi4.